The van der Waals surface area contributed by atoms with Gasteiger partial charge in [0.05, 0.1) is 54.8 Å². The van der Waals surface area contributed by atoms with Crippen LogP contribution in [0.1, 0.15) is 29.8 Å². The van der Waals surface area contributed by atoms with Crippen LogP contribution >= 0.6 is 0 Å². The van der Waals surface area contributed by atoms with E-state index in [2.05, 4.69) is 15.2 Å². The predicted octanol–water partition coefficient (Wildman–Crippen LogP) is 3.78. The minimum absolute atomic E-state index is 0.0722. The van der Waals surface area contributed by atoms with Gasteiger partial charge in [-0.2, -0.15) is 9.49 Å². The molecule has 5 rings (SSSR count). The van der Waals surface area contributed by atoms with Crippen molar-refractivity contribution in [3.63, 3.8) is 0 Å². The van der Waals surface area contributed by atoms with Crippen molar-refractivity contribution < 1.29 is 23.8 Å². The number of nitrogens with zero attached hydrogens (tertiary/aromatic N) is 3. The monoisotopic (exact) mass is 464 g/mol. The smallest absolute Gasteiger partial charge is 0.218 e. The molecule has 1 atom stereocenters. The summed E-state index contributed by atoms with van der Waals surface area (Å²) in [5.74, 6) is 0.421. The zero-order valence-corrected chi connectivity index (χ0v) is 19.1. The molecular formula is C25H25FN4O4. The average Bonchev–Trinajstić information content (AvgIpc) is 3.39. The van der Waals surface area contributed by atoms with Crippen molar-refractivity contribution in [1.82, 2.24) is 19.7 Å². The van der Waals surface area contributed by atoms with E-state index in [4.69, 9.17) is 9.47 Å². The number of ether oxygens (including phenoxy) is 2. The Hall–Kier alpha value is -3.72. The summed E-state index contributed by atoms with van der Waals surface area (Å²) in [7, 11) is 1.60. The SMILES string of the molecule is COc1ccc2c(c1)CC(C(=O)c1cn(CC(C)(C)O)c3cc(-c4cn[nH]c4F)ncc13)CO2. The Morgan fingerprint density at radius 1 is 1.35 bits per heavy atom. The molecule has 0 saturated carbocycles. The van der Waals surface area contributed by atoms with Gasteiger partial charge in [0, 0.05) is 23.3 Å². The molecular weight excluding hydrogens is 439 g/mol. The molecule has 0 aliphatic carbocycles. The molecule has 0 fully saturated rings. The fourth-order valence-electron chi connectivity index (χ4n) is 4.41. The summed E-state index contributed by atoms with van der Waals surface area (Å²) in [5, 5.41) is 17.1. The maximum absolute atomic E-state index is 14.1. The van der Waals surface area contributed by atoms with Gasteiger partial charge in [-0.25, -0.2) is 0 Å². The number of aromatic nitrogens is 4. The fraction of sp³-hybridized carbons (Fsp3) is 0.320. The standard InChI is InChI=1S/C25H25FN4O4/c1-25(2,32)13-30-11-19(17-9-27-20(8-21(17)30)18-10-28-29-24(18)26)23(31)15-6-14-7-16(33-3)4-5-22(14)34-12-15/h4-5,7-11,15,32H,6,12-13H2,1-3H3,(H,28,29). The molecule has 9 heteroatoms. The highest BCUT2D eigenvalue weighted by Gasteiger charge is 2.30. The van der Waals surface area contributed by atoms with Gasteiger partial charge in [0.25, 0.3) is 0 Å². The van der Waals surface area contributed by atoms with Crippen LogP contribution in [0.25, 0.3) is 22.2 Å². The van der Waals surface area contributed by atoms with Crippen LogP contribution in [0.4, 0.5) is 4.39 Å². The van der Waals surface area contributed by atoms with E-state index in [1.807, 2.05) is 22.8 Å². The number of aliphatic hydroxyl groups is 1. The van der Waals surface area contributed by atoms with Crippen LogP contribution in [0, 0.1) is 11.9 Å². The first-order valence-corrected chi connectivity index (χ1v) is 11.0. The lowest BCUT2D eigenvalue weighted by molar-refractivity contribution is 0.0626. The van der Waals surface area contributed by atoms with E-state index in [1.54, 1.807) is 39.4 Å². The molecule has 1 aromatic carbocycles. The maximum Gasteiger partial charge on any atom is 0.218 e. The number of nitrogens with one attached hydrogen (secondary N) is 1. The highest BCUT2D eigenvalue weighted by atomic mass is 19.1. The number of methoxy groups -OCH3 is 1. The maximum atomic E-state index is 14.1. The Morgan fingerprint density at radius 2 is 2.18 bits per heavy atom. The number of carbonyl (C=O) groups excluding carboxylic acids is 1. The average molecular weight is 464 g/mol. The molecule has 0 spiro atoms. The van der Waals surface area contributed by atoms with Gasteiger partial charge < -0.3 is 19.1 Å². The highest BCUT2D eigenvalue weighted by Crippen LogP contribution is 2.34. The predicted molar refractivity (Wildman–Crippen MR) is 124 cm³/mol. The second-order valence-corrected chi connectivity index (χ2v) is 9.22. The van der Waals surface area contributed by atoms with Crippen molar-refractivity contribution in [2.75, 3.05) is 13.7 Å². The molecule has 34 heavy (non-hydrogen) atoms. The van der Waals surface area contributed by atoms with Gasteiger partial charge in [-0.3, -0.25) is 14.9 Å². The number of aromatic amines is 1. The first-order valence-electron chi connectivity index (χ1n) is 11.0. The zero-order valence-electron chi connectivity index (χ0n) is 19.1. The Bertz CT molecular complexity index is 1390. The van der Waals surface area contributed by atoms with Gasteiger partial charge in [0.1, 0.15) is 11.5 Å². The Balaban J connectivity index is 1.55. The number of rotatable bonds is 6. The normalized spacial score (nSPS) is 15.7. The van der Waals surface area contributed by atoms with Crippen molar-refractivity contribution in [3.8, 4) is 22.8 Å². The molecule has 176 valence electrons. The third kappa shape index (κ3) is 4.03. The second kappa shape index (κ2) is 8.25. The van der Waals surface area contributed by atoms with Gasteiger partial charge in [0.2, 0.25) is 5.95 Å². The van der Waals surface area contributed by atoms with Crippen LogP contribution in [-0.4, -0.2) is 50.0 Å². The summed E-state index contributed by atoms with van der Waals surface area (Å²) in [6, 6.07) is 7.28. The van der Waals surface area contributed by atoms with E-state index < -0.39 is 11.5 Å². The van der Waals surface area contributed by atoms with Crippen LogP contribution in [0.3, 0.4) is 0 Å². The molecule has 3 aromatic heterocycles. The van der Waals surface area contributed by atoms with E-state index in [0.717, 1.165) is 11.3 Å². The van der Waals surface area contributed by atoms with Crippen molar-refractivity contribution in [3.05, 3.63) is 59.9 Å². The Labute approximate surface area is 195 Å². The summed E-state index contributed by atoms with van der Waals surface area (Å²) in [4.78, 5) is 18.0. The molecule has 4 heterocycles. The van der Waals surface area contributed by atoms with E-state index in [1.165, 1.54) is 6.20 Å². The third-order valence-electron chi connectivity index (χ3n) is 6.00. The summed E-state index contributed by atoms with van der Waals surface area (Å²) in [6.45, 7) is 3.90. The van der Waals surface area contributed by atoms with Crippen molar-refractivity contribution in [2.45, 2.75) is 32.4 Å². The molecule has 0 saturated heterocycles. The van der Waals surface area contributed by atoms with Crippen molar-refractivity contribution in [1.29, 1.82) is 0 Å². The number of halogens is 1. The molecule has 0 bridgehead atoms. The summed E-state index contributed by atoms with van der Waals surface area (Å²) < 4.78 is 27.1. The first kappa shape index (κ1) is 22.1. The van der Waals surface area contributed by atoms with Crippen LogP contribution < -0.4 is 9.47 Å². The van der Waals surface area contributed by atoms with Gasteiger partial charge in [-0.05, 0) is 50.1 Å². The number of benzene rings is 1. The number of ketones is 1. The number of fused-ring (bicyclic) bond motifs is 2. The van der Waals surface area contributed by atoms with Crippen molar-refractivity contribution >= 4 is 16.7 Å². The minimum Gasteiger partial charge on any atom is -0.497 e. The Kier molecular flexibility index (Phi) is 5.36. The zero-order chi connectivity index (χ0) is 24.0. The number of hydrogen-bond donors (Lipinski definition) is 2. The van der Waals surface area contributed by atoms with E-state index in [-0.39, 0.29) is 30.4 Å². The van der Waals surface area contributed by atoms with Gasteiger partial charge in [0.15, 0.2) is 5.78 Å². The molecule has 1 aliphatic rings. The van der Waals surface area contributed by atoms with Crippen LogP contribution in [0.5, 0.6) is 11.5 Å². The number of Topliss-reactive ketones (excluding diaryl/α,β-unsaturated/α-hetero) is 1. The van der Waals surface area contributed by atoms with Gasteiger partial charge in [-0.15, -0.1) is 0 Å². The number of carbonyl (C=O) groups is 1. The number of pyridine rings is 1. The largest absolute Gasteiger partial charge is 0.497 e. The molecule has 0 radical (unpaired) electrons. The lowest BCUT2D eigenvalue weighted by Gasteiger charge is -2.24. The molecule has 8 nitrogen and oxygen atoms in total. The van der Waals surface area contributed by atoms with E-state index in [9.17, 15) is 14.3 Å². The highest BCUT2D eigenvalue weighted by molar-refractivity contribution is 6.09. The molecule has 2 N–H and O–H groups in total. The first-order chi connectivity index (χ1) is 16.2. The second-order valence-electron chi connectivity index (χ2n) is 9.22. The molecule has 0 amide bonds. The topological polar surface area (TPSA) is 102 Å². The van der Waals surface area contributed by atoms with E-state index >= 15 is 0 Å². The van der Waals surface area contributed by atoms with Gasteiger partial charge >= 0.3 is 0 Å². The molecule has 1 unspecified atom stereocenters. The number of H-pyrrole nitrogens is 1. The fourth-order valence-corrected chi connectivity index (χ4v) is 4.41. The lowest BCUT2D eigenvalue weighted by atomic mass is 9.89. The third-order valence-corrected chi connectivity index (χ3v) is 6.00. The molecule has 4 aromatic rings. The molecule has 1 aliphatic heterocycles. The quantitative estimate of drug-likeness (QED) is 0.421. The van der Waals surface area contributed by atoms with Gasteiger partial charge in [-0.1, -0.05) is 0 Å². The van der Waals surface area contributed by atoms with Crippen LogP contribution in [0.2, 0.25) is 0 Å². The Morgan fingerprint density at radius 3 is 2.88 bits per heavy atom. The lowest BCUT2D eigenvalue weighted by Crippen LogP contribution is -2.28. The summed E-state index contributed by atoms with van der Waals surface area (Å²) in [5.41, 5.74) is 1.67. The van der Waals surface area contributed by atoms with Crippen LogP contribution in [-0.2, 0) is 13.0 Å². The van der Waals surface area contributed by atoms with E-state index in [0.29, 0.717) is 34.3 Å². The van der Waals surface area contributed by atoms with Crippen LogP contribution in [0.15, 0.2) is 42.9 Å². The van der Waals surface area contributed by atoms with Crippen molar-refractivity contribution in [2.24, 2.45) is 5.92 Å². The minimum atomic E-state index is -1.03. The summed E-state index contributed by atoms with van der Waals surface area (Å²) >= 11 is 0. The summed E-state index contributed by atoms with van der Waals surface area (Å²) in [6.07, 6.45) is 5.20. The number of hydrogen-bond acceptors (Lipinski definition) is 6.